The SMILES string of the molecule is CC(=O)O[C@H]1C(=O)[C@@]2(C)C(C(OC(=O)c3ccccc3)[C@]3(O)CC(OC(=O)C(OC(=O)CCC(=O)O)C(NC(=O)c4ccccc4)c4ccccc4)C(C)=C1C3(C)C)C1(OC(C)=O)COC1C[C@@H]2O. The molecular formula is C51H55NO17. The van der Waals surface area contributed by atoms with Gasteiger partial charge in [-0.05, 0) is 54.8 Å². The Morgan fingerprint density at radius 2 is 1.41 bits per heavy atom. The van der Waals surface area contributed by atoms with Crippen molar-refractivity contribution in [2.75, 3.05) is 6.61 Å². The van der Waals surface area contributed by atoms with Crippen LogP contribution in [0.1, 0.15) is 99.5 Å². The normalized spacial score (nSPS) is 29.7. The zero-order valence-electron chi connectivity index (χ0n) is 38.9. The molecule has 2 bridgehead atoms. The molecule has 0 aromatic heterocycles. The van der Waals surface area contributed by atoms with Gasteiger partial charge in [-0.25, -0.2) is 9.59 Å². The van der Waals surface area contributed by atoms with Gasteiger partial charge in [0.15, 0.2) is 17.5 Å². The predicted molar refractivity (Wildman–Crippen MR) is 238 cm³/mol. The van der Waals surface area contributed by atoms with Crippen LogP contribution in [0, 0.1) is 16.7 Å². The average molecular weight is 954 g/mol. The van der Waals surface area contributed by atoms with Gasteiger partial charge < -0.3 is 49.1 Å². The van der Waals surface area contributed by atoms with Crippen molar-refractivity contribution in [3.8, 4) is 0 Å². The second-order valence-electron chi connectivity index (χ2n) is 18.7. The van der Waals surface area contributed by atoms with Gasteiger partial charge in [0.25, 0.3) is 5.91 Å². The van der Waals surface area contributed by atoms with Crippen LogP contribution in [-0.4, -0.2) is 117 Å². The number of nitrogens with one attached hydrogen (secondary N) is 1. The number of benzene rings is 3. The van der Waals surface area contributed by atoms with Gasteiger partial charge in [-0.2, -0.15) is 0 Å². The molecule has 3 aromatic rings. The monoisotopic (exact) mass is 953 g/mol. The number of carbonyl (C=O) groups excluding carboxylic acids is 7. The fraction of sp³-hybridized carbons (Fsp3) is 0.451. The van der Waals surface area contributed by atoms with E-state index in [1.54, 1.807) is 66.7 Å². The highest BCUT2D eigenvalue weighted by Crippen LogP contribution is 2.64. The Balaban J connectivity index is 1.42. The van der Waals surface area contributed by atoms with Crippen LogP contribution in [0.2, 0.25) is 0 Å². The number of hydrogen-bond acceptors (Lipinski definition) is 16. The lowest BCUT2D eigenvalue weighted by atomic mass is 9.44. The summed E-state index contributed by atoms with van der Waals surface area (Å²) < 4.78 is 36.3. The number of carboxylic acid groups (broad SMARTS) is 1. The lowest BCUT2D eigenvalue weighted by Gasteiger charge is -2.67. The molecule has 3 aliphatic carbocycles. The molecule has 7 rings (SSSR count). The minimum absolute atomic E-state index is 0.0221. The van der Waals surface area contributed by atoms with Crippen LogP contribution in [0.5, 0.6) is 0 Å². The third-order valence-corrected chi connectivity index (χ3v) is 14.3. The molecule has 2 saturated carbocycles. The topological polar surface area (TPSA) is 265 Å². The summed E-state index contributed by atoms with van der Waals surface area (Å²) in [6, 6.07) is 22.1. The molecule has 18 nitrogen and oxygen atoms in total. The van der Waals surface area contributed by atoms with Crippen LogP contribution >= 0.6 is 0 Å². The maximum Gasteiger partial charge on any atom is 0.350 e. The summed E-state index contributed by atoms with van der Waals surface area (Å²) in [6.45, 7) is 7.68. The number of Topliss-reactive ketones (excluding diaryl/α,β-unsaturated/α-hetero) is 1. The number of ether oxygens (including phenoxy) is 6. The molecule has 11 atom stereocenters. The Bertz CT molecular complexity index is 2550. The molecule has 1 saturated heterocycles. The van der Waals surface area contributed by atoms with Crippen LogP contribution in [0.25, 0.3) is 0 Å². The van der Waals surface area contributed by atoms with Crippen molar-refractivity contribution < 1.29 is 82.1 Å². The van der Waals surface area contributed by atoms with Crippen molar-refractivity contribution in [3.05, 3.63) is 119 Å². The van der Waals surface area contributed by atoms with Gasteiger partial charge in [0, 0.05) is 37.7 Å². The highest BCUT2D eigenvalue weighted by Gasteiger charge is 2.78. The Kier molecular flexibility index (Phi) is 14.0. The molecule has 1 heterocycles. The Morgan fingerprint density at radius 3 is 1.96 bits per heavy atom. The number of hydrogen-bond donors (Lipinski definition) is 4. The lowest BCUT2D eigenvalue weighted by Crippen LogP contribution is -2.82. The number of amides is 1. The van der Waals surface area contributed by atoms with E-state index in [2.05, 4.69) is 5.32 Å². The summed E-state index contributed by atoms with van der Waals surface area (Å²) in [5, 5.41) is 38.2. The third kappa shape index (κ3) is 9.15. The molecule has 1 amide bonds. The van der Waals surface area contributed by atoms with E-state index in [1.807, 2.05) is 0 Å². The molecule has 3 aromatic carbocycles. The zero-order valence-corrected chi connectivity index (χ0v) is 38.9. The average Bonchev–Trinajstić information content (AvgIpc) is 3.30. The summed E-state index contributed by atoms with van der Waals surface area (Å²) in [5.74, 6) is -9.78. The Hall–Kier alpha value is -6.76. The van der Waals surface area contributed by atoms with Gasteiger partial charge in [0.05, 0.1) is 42.4 Å². The smallest absolute Gasteiger partial charge is 0.350 e. The second-order valence-corrected chi connectivity index (χ2v) is 18.7. The highest BCUT2D eigenvalue weighted by atomic mass is 16.6. The number of aliphatic carboxylic acids is 1. The number of ketones is 1. The van der Waals surface area contributed by atoms with Gasteiger partial charge in [-0.3, -0.25) is 28.8 Å². The van der Waals surface area contributed by atoms with Crippen molar-refractivity contribution in [2.45, 2.75) is 121 Å². The van der Waals surface area contributed by atoms with Crippen LogP contribution in [0.3, 0.4) is 0 Å². The van der Waals surface area contributed by atoms with E-state index < -0.39 is 137 Å². The van der Waals surface area contributed by atoms with Crippen molar-refractivity contribution in [1.29, 1.82) is 0 Å². The number of aliphatic hydroxyl groups excluding tert-OH is 1. The van der Waals surface area contributed by atoms with Crippen LogP contribution in [0.15, 0.2) is 102 Å². The minimum Gasteiger partial charge on any atom is -0.481 e. The lowest BCUT2D eigenvalue weighted by molar-refractivity contribution is -0.346. The number of rotatable bonds is 14. The number of esters is 5. The van der Waals surface area contributed by atoms with Crippen molar-refractivity contribution >= 4 is 47.5 Å². The van der Waals surface area contributed by atoms with E-state index in [-0.39, 0.29) is 40.9 Å². The first-order valence-electron chi connectivity index (χ1n) is 22.5. The summed E-state index contributed by atoms with van der Waals surface area (Å²) in [6.07, 6.45) is -12.5. The molecule has 1 aliphatic heterocycles. The molecule has 0 radical (unpaired) electrons. The van der Waals surface area contributed by atoms with Gasteiger partial charge in [-0.15, -0.1) is 0 Å². The number of aliphatic hydroxyl groups is 2. The summed E-state index contributed by atoms with van der Waals surface area (Å²) in [7, 11) is 0. The van der Waals surface area contributed by atoms with E-state index in [1.165, 1.54) is 52.0 Å². The standard InChI is InChI=1S/C51H55NO17/c1-27-33(66-47(62)41(67-37(58)23-22-36(56)57)39(30-16-10-7-11-17-30)52-45(60)31-18-12-8-13-19-31)25-51(63)44(68-46(61)32-20-14-9-15-21-32)42-49(6,34(55)24-35-50(42,26-64-35)69-29(3)54)43(59)40(65-28(2)53)38(27)48(51,4)5/h7-21,33-35,39-42,44,55,63H,22-26H2,1-6H3,(H,52,60)(H,56,57)/t33?,34-,35?,39?,40+,41?,42?,44?,49+,50?,51+/m0/s1. The number of carboxylic acids is 1. The van der Waals surface area contributed by atoms with Gasteiger partial charge in [-0.1, -0.05) is 80.6 Å². The maximum absolute atomic E-state index is 15.7. The van der Waals surface area contributed by atoms with Crippen molar-refractivity contribution in [1.82, 2.24) is 5.32 Å². The van der Waals surface area contributed by atoms with Crippen LogP contribution in [0.4, 0.5) is 0 Å². The Labute approximate surface area is 397 Å². The quantitative estimate of drug-likeness (QED) is 0.100. The molecule has 7 unspecified atom stereocenters. The second kappa shape index (κ2) is 19.3. The van der Waals surface area contributed by atoms with Crippen LogP contribution in [-0.2, 0) is 57.2 Å². The minimum atomic E-state index is -2.50. The van der Waals surface area contributed by atoms with Gasteiger partial charge in [0.1, 0.15) is 30.0 Å². The molecule has 0 spiro atoms. The van der Waals surface area contributed by atoms with E-state index in [9.17, 15) is 44.1 Å². The number of carbonyl (C=O) groups is 8. The Morgan fingerprint density at radius 1 is 0.812 bits per heavy atom. The summed E-state index contributed by atoms with van der Waals surface area (Å²) in [4.78, 5) is 110. The molecular weight excluding hydrogens is 899 g/mol. The fourth-order valence-corrected chi connectivity index (χ4v) is 10.7. The molecule has 3 fully saturated rings. The predicted octanol–water partition coefficient (Wildman–Crippen LogP) is 4.15. The largest absolute Gasteiger partial charge is 0.481 e. The highest BCUT2D eigenvalue weighted by molar-refractivity contribution is 5.96. The molecule has 4 aliphatic rings. The van der Waals surface area contributed by atoms with Crippen molar-refractivity contribution in [2.24, 2.45) is 16.7 Å². The number of fused-ring (bicyclic) bond motifs is 5. The van der Waals surface area contributed by atoms with E-state index in [4.69, 9.17) is 28.4 Å². The van der Waals surface area contributed by atoms with Crippen LogP contribution < -0.4 is 5.32 Å². The third-order valence-electron chi connectivity index (χ3n) is 14.3. The summed E-state index contributed by atoms with van der Waals surface area (Å²) in [5.41, 5.74) is -7.77. The molecule has 366 valence electrons. The fourth-order valence-electron chi connectivity index (χ4n) is 10.7. The molecule has 69 heavy (non-hydrogen) atoms. The summed E-state index contributed by atoms with van der Waals surface area (Å²) >= 11 is 0. The van der Waals surface area contributed by atoms with E-state index in [0.717, 1.165) is 13.8 Å². The van der Waals surface area contributed by atoms with E-state index >= 15 is 9.59 Å². The van der Waals surface area contributed by atoms with Crippen molar-refractivity contribution in [3.63, 3.8) is 0 Å². The van der Waals surface area contributed by atoms with E-state index in [0.29, 0.717) is 0 Å². The zero-order chi connectivity index (χ0) is 50.2. The maximum atomic E-state index is 15.7. The van der Waals surface area contributed by atoms with Gasteiger partial charge in [0.2, 0.25) is 6.10 Å². The molecule has 4 N–H and O–H groups in total. The van der Waals surface area contributed by atoms with Gasteiger partial charge >= 0.3 is 35.8 Å². The first-order chi connectivity index (χ1) is 32.6. The first kappa shape index (κ1) is 50.1. The first-order valence-corrected chi connectivity index (χ1v) is 22.5. The molecule has 18 heteroatoms.